The molecule has 0 aliphatic rings. The maximum absolute atomic E-state index is 10.1. The zero-order valence-electron chi connectivity index (χ0n) is 15.5. The Labute approximate surface area is 146 Å². The van der Waals surface area contributed by atoms with E-state index in [9.17, 15) is 20.4 Å². The quantitative estimate of drug-likeness (QED) is 0.529. The van der Waals surface area contributed by atoms with Gasteiger partial charge in [-0.25, -0.2) is 0 Å². The van der Waals surface area contributed by atoms with Crippen molar-refractivity contribution in [2.75, 3.05) is 0 Å². The normalized spacial score (nSPS) is 15.3. The molecule has 24 heavy (non-hydrogen) atoms. The molecule has 0 amide bonds. The van der Waals surface area contributed by atoms with Crippen molar-refractivity contribution in [2.24, 2.45) is 0 Å². The number of hydrogen-bond donors (Lipinski definition) is 4. The van der Waals surface area contributed by atoms with Crippen LogP contribution in [-0.2, 0) is 12.8 Å². The van der Waals surface area contributed by atoms with E-state index in [1.807, 2.05) is 24.3 Å². The number of hydrogen-bond acceptors (Lipinski definition) is 4. The summed E-state index contributed by atoms with van der Waals surface area (Å²) >= 11 is 0. The van der Waals surface area contributed by atoms with Crippen molar-refractivity contribution in [1.29, 1.82) is 0 Å². The molecule has 138 valence electrons. The van der Waals surface area contributed by atoms with E-state index in [1.165, 1.54) is 0 Å². The molecule has 0 heterocycles. The van der Waals surface area contributed by atoms with Crippen LogP contribution in [0.5, 0.6) is 0 Å². The van der Waals surface area contributed by atoms with Crippen LogP contribution in [0.4, 0.5) is 0 Å². The molecular weight excluding hydrogens is 304 g/mol. The van der Waals surface area contributed by atoms with Crippen LogP contribution < -0.4 is 0 Å². The fourth-order valence-corrected chi connectivity index (χ4v) is 2.60. The van der Waals surface area contributed by atoms with Gasteiger partial charge in [0.15, 0.2) is 0 Å². The molecule has 0 spiro atoms. The van der Waals surface area contributed by atoms with Crippen LogP contribution in [0.15, 0.2) is 24.3 Å². The predicted molar refractivity (Wildman–Crippen MR) is 96.9 cm³/mol. The summed E-state index contributed by atoms with van der Waals surface area (Å²) in [6.45, 7) is 6.99. The monoisotopic (exact) mass is 338 g/mol. The van der Waals surface area contributed by atoms with E-state index < -0.39 is 23.4 Å². The summed E-state index contributed by atoms with van der Waals surface area (Å²) in [7, 11) is 0. The maximum Gasteiger partial charge on any atom is 0.0592 e. The van der Waals surface area contributed by atoms with E-state index in [0.717, 1.165) is 11.1 Å². The Morgan fingerprint density at radius 2 is 1.00 bits per heavy atom. The van der Waals surface area contributed by atoms with Gasteiger partial charge in [-0.2, -0.15) is 0 Å². The molecule has 0 fully saturated rings. The van der Waals surface area contributed by atoms with E-state index >= 15 is 0 Å². The summed E-state index contributed by atoms with van der Waals surface area (Å²) in [5, 5.41) is 39.5. The van der Waals surface area contributed by atoms with Crippen LogP contribution in [0.2, 0.25) is 0 Å². The molecule has 0 bridgehead atoms. The molecule has 1 rings (SSSR count). The lowest BCUT2D eigenvalue weighted by Gasteiger charge is -2.20. The molecule has 4 heteroatoms. The molecule has 2 unspecified atom stereocenters. The minimum absolute atomic E-state index is 0.459. The number of aliphatic hydroxyl groups is 4. The molecule has 0 aliphatic heterocycles. The van der Waals surface area contributed by atoms with Gasteiger partial charge in [-0.15, -0.1) is 0 Å². The molecule has 1 aromatic rings. The first-order valence-electron chi connectivity index (χ1n) is 8.83. The lowest BCUT2D eigenvalue weighted by atomic mass is 9.95. The number of benzene rings is 1. The lowest BCUT2D eigenvalue weighted by Crippen LogP contribution is -2.22. The molecule has 0 saturated heterocycles. The Kier molecular flexibility index (Phi) is 7.87. The van der Waals surface area contributed by atoms with Gasteiger partial charge in [0.1, 0.15) is 0 Å². The second kappa shape index (κ2) is 8.95. The van der Waals surface area contributed by atoms with Gasteiger partial charge in [-0.1, -0.05) is 24.3 Å². The highest BCUT2D eigenvalue weighted by molar-refractivity contribution is 5.23. The van der Waals surface area contributed by atoms with Gasteiger partial charge < -0.3 is 20.4 Å². The van der Waals surface area contributed by atoms with Crippen LogP contribution in [0.1, 0.15) is 64.5 Å². The van der Waals surface area contributed by atoms with Crippen molar-refractivity contribution in [3.8, 4) is 0 Å². The zero-order chi connectivity index (χ0) is 18.4. The Morgan fingerprint density at radius 1 is 0.708 bits per heavy atom. The Morgan fingerprint density at radius 3 is 1.25 bits per heavy atom. The lowest BCUT2D eigenvalue weighted by molar-refractivity contribution is 0.0484. The van der Waals surface area contributed by atoms with E-state index in [-0.39, 0.29) is 0 Å². The standard InChI is InChI=1S/C20H34O4/c1-19(2,23)11-9-17(21)13-15-5-7-16(8-6-15)14-18(22)10-12-20(3,4)24/h5-8,17-18,21-24H,9-14H2,1-4H3. The molecule has 0 aromatic heterocycles. The van der Waals surface area contributed by atoms with Crippen molar-refractivity contribution < 1.29 is 20.4 Å². The summed E-state index contributed by atoms with van der Waals surface area (Å²) in [6.07, 6.45) is 2.50. The fraction of sp³-hybridized carbons (Fsp3) is 0.700. The van der Waals surface area contributed by atoms with Crippen molar-refractivity contribution in [2.45, 2.75) is 89.6 Å². The largest absolute Gasteiger partial charge is 0.393 e. The highest BCUT2D eigenvalue weighted by Gasteiger charge is 2.17. The van der Waals surface area contributed by atoms with Gasteiger partial charge in [0, 0.05) is 0 Å². The molecule has 0 radical (unpaired) electrons. The summed E-state index contributed by atoms with van der Waals surface area (Å²) < 4.78 is 0. The summed E-state index contributed by atoms with van der Waals surface area (Å²) in [5.74, 6) is 0. The minimum atomic E-state index is -0.746. The van der Waals surface area contributed by atoms with Gasteiger partial charge in [0.2, 0.25) is 0 Å². The number of rotatable bonds is 10. The van der Waals surface area contributed by atoms with Crippen LogP contribution in [-0.4, -0.2) is 43.8 Å². The van der Waals surface area contributed by atoms with Gasteiger partial charge in [-0.3, -0.25) is 0 Å². The number of aliphatic hydroxyl groups excluding tert-OH is 2. The average molecular weight is 338 g/mol. The highest BCUT2D eigenvalue weighted by atomic mass is 16.3. The third-order valence-electron chi connectivity index (χ3n) is 4.14. The molecule has 1 aromatic carbocycles. The molecule has 4 nitrogen and oxygen atoms in total. The molecule has 0 aliphatic carbocycles. The van der Waals surface area contributed by atoms with Gasteiger partial charge in [0.05, 0.1) is 23.4 Å². The average Bonchev–Trinajstić information content (AvgIpc) is 2.44. The molecule has 0 saturated carbocycles. The van der Waals surface area contributed by atoms with Crippen molar-refractivity contribution in [1.82, 2.24) is 0 Å². The van der Waals surface area contributed by atoms with E-state index in [2.05, 4.69) is 0 Å². The third kappa shape index (κ3) is 10.0. The van der Waals surface area contributed by atoms with Crippen molar-refractivity contribution in [3.63, 3.8) is 0 Å². The SMILES string of the molecule is CC(C)(O)CCC(O)Cc1ccc(CC(O)CCC(C)(C)O)cc1. The zero-order valence-corrected chi connectivity index (χ0v) is 15.5. The van der Waals surface area contributed by atoms with Gasteiger partial charge >= 0.3 is 0 Å². The van der Waals surface area contributed by atoms with Gasteiger partial charge in [0.25, 0.3) is 0 Å². The predicted octanol–water partition coefficient (Wildman–Crippen LogP) is 2.60. The first-order chi connectivity index (χ1) is 10.9. The maximum atomic E-state index is 10.1. The van der Waals surface area contributed by atoms with Crippen LogP contribution in [0.3, 0.4) is 0 Å². The first-order valence-corrected chi connectivity index (χ1v) is 8.83. The fourth-order valence-electron chi connectivity index (χ4n) is 2.60. The second-order valence-electron chi connectivity index (χ2n) is 8.23. The smallest absolute Gasteiger partial charge is 0.0592 e. The summed E-state index contributed by atoms with van der Waals surface area (Å²) in [5.41, 5.74) is 0.606. The summed E-state index contributed by atoms with van der Waals surface area (Å²) in [4.78, 5) is 0. The van der Waals surface area contributed by atoms with E-state index in [4.69, 9.17) is 0 Å². The molecule has 2 atom stereocenters. The van der Waals surface area contributed by atoms with E-state index in [1.54, 1.807) is 27.7 Å². The van der Waals surface area contributed by atoms with Crippen LogP contribution in [0.25, 0.3) is 0 Å². The Bertz CT molecular complexity index is 423. The van der Waals surface area contributed by atoms with Gasteiger partial charge in [-0.05, 0) is 77.3 Å². The van der Waals surface area contributed by atoms with Crippen molar-refractivity contribution >= 4 is 0 Å². The Balaban J connectivity index is 2.42. The summed E-state index contributed by atoms with van der Waals surface area (Å²) in [6, 6.07) is 7.91. The topological polar surface area (TPSA) is 80.9 Å². The second-order valence-corrected chi connectivity index (χ2v) is 8.23. The third-order valence-corrected chi connectivity index (χ3v) is 4.14. The Hall–Kier alpha value is -0.940. The first kappa shape index (κ1) is 21.1. The van der Waals surface area contributed by atoms with Crippen molar-refractivity contribution in [3.05, 3.63) is 35.4 Å². The van der Waals surface area contributed by atoms with E-state index in [0.29, 0.717) is 38.5 Å². The highest BCUT2D eigenvalue weighted by Crippen LogP contribution is 2.17. The molecule has 4 N–H and O–H groups in total. The van der Waals surface area contributed by atoms with Crippen LogP contribution >= 0.6 is 0 Å². The minimum Gasteiger partial charge on any atom is -0.393 e. The molecular formula is C20H34O4. The van der Waals surface area contributed by atoms with Crippen LogP contribution in [0, 0.1) is 0 Å².